The van der Waals surface area contributed by atoms with Crippen molar-refractivity contribution in [3.63, 3.8) is 0 Å². The van der Waals surface area contributed by atoms with E-state index in [-0.39, 0.29) is 94.8 Å². The minimum absolute atomic E-state index is 0.000258. The summed E-state index contributed by atoms with van der Waals surface area (Å²) in [6.07, 6.45) is 21.6. The van der Waals surface area contributed by atoms with Gasteiger partial charge in [0.05, 0.1) is 24.3 Å². The quantitative estimate of drug-likeness (QED) is 0.116. The van der Waals surface area contributed by atoms with E-state index < -0.39 is 0 Å². The molecule has 4 fully saturated rings. The number of ketones is 1. The maximum absolute atomic E-state index is 14.8. The van der Waals surface area contributed by atoms with E-state index in [1.165, 1.54) is 23.1 Å². The first-order chi connectivity index (χ1) is 35.0. The number of nitrogens with one attached hydrogen (secondary N) is 1. The molecule has 9 heteroatoms. The van der Waals surface area contributed by atoms with Crippen LogP contribution in [0.1, 0.15) is 186 Å². The van der Waals surface area contributed by atoms with Crippen LogP contribution in [0.2, 0.25) is 0 Å². The van der Waals surface area contributed by atoms with E-state index in [1.54, 1.807) is 7.11 Å². The Morgan fingerprint density at radius 3 is 2.53 bits per heavy atom. The highest BCUT2D eigenvalue weighted by Crippen LogP contribution is 2.60. The van der Waals surface area contributed by atoms with Crippen LogP contribution in [0, 0.1) is 53.3 Å². The molecule has 9 nitrogen and oxygen atoms in total. The van der Waals surface area contributed by atoms with Gasteiger partial charge in [-0.2, -0.15) is 0 Å². The molecule has 0 amide bonds. The third-order valence-corrected chi connectivity index (χ3v) is 19.2. The lowest BCUT2D eigenvalue weighted by Crippen LogP contribution is -2.50. The monoisotopic (exact) mass is 974 g/mol. The second-order valence-electron chi connectivity index (χ2n) is 23.8. The van der Waals surface area contributed by atoms with E-state index in [4.69, 9.17) is 20.2 Å². The minimum atomic E-state index is -0.361. The molecule has 11 rings (SSSR count). The minimum Gasteiger partial charge on any atom is -0.508 e. The van der Waals surface area contributed by atoms with Gasteiger partial charge in [-0.3, -0.25) is 4.79 Å². The van der Waals surface area contributed by atoms with Gasteiger partial charge in [0, 0.05) is 49.5 Å². The van der Waals surface area contributed by atoms with Gasteiger partial charge in [-0.15, -0.1) is 0 Å². The van der Waals surface area contributed by atoms with E-state index in [1.807, 2.05) is 12.1 Å². The Kier molecular flexibility index (Phi) is 14.1. The molecule has 7 aliphatic carbocycles. The third-order valence-electron chi connectivity index (χ3n) is 19.2. The number of nitrogens with two attached hydrogens (primary N) is 1. The molecular formula is C63H79N3O6. The van der Waals surface area contributed by atoms with Crippen LogP contribution in [-0.4, -0.2) is 59.5 Å². The van der Waals surface area contributed by atoms with Gasteiger partial charge in [-0.1, -0.05) is 93.0 Å². The third kappa shape index (κ3) is 9.53. The first kappa shape index (κ1) is 49.2. The van der Waals surface area contributed by atoms with Crippen molar-refractivity contribution in [3.8, 4) is 29.1 Å². The number of nitrogens with zero attached hydrogens (tertiary/aromatic N) is 1. The molecule has 11 unspecified atom stereocenters. The maximum Gasteiger partial charge on any atom is 0.189 e. The van der Waals surface area contributed by atoms with Crippen molar-refractivity contribution >= 4 is 11.7 Å². The fourth-order valence-electron chi connectivity index (χ4n) is 15.8. The van der Waals surface area contributed by atoms with Crippen LogP contribution in [0.3, 0.4) is 0 Å². The number of aliphatic hydroxyl groups is 1. The molecule has 3 aromatic carbocycles. The molecule has 1 aliphatic heterocycles. The van der Waals surface area contributed by atoms with E-state index in [0.29, 0.717) is 49.9 Å². The summed E-state index contributed by atoms with van der Waals surface area (Å²) in [5.41, 5.74) is 16.5. The summed E-state index contributed by atoms with van der Waals surface area (Å²) < 4.78 is 13.3. The molecule has 72 heavy (non-hydrogen) atoms. The molecular weight excluding hydrogens is 895 g/mol. The standard InChI is InChI=1S/C63H79N3O6/c1-4-40-31-53-41(28-45(40)35-67)18-19-42(33-57(53)69)52-34-58(72-49-15-6-7-16-49)61(70)60-50(52)17-11-14-47-29-44-32-54-51(22-37(2)23-55(54)59(60)56(44)36-71-3)43-25-39(27-48(68)30-43)24-38-12-10-13-46(26-38)63(66-62(64)65-47)20-8-5-9-21-63/h10,12-13,25-27,30-32,34,37,40-42,44-45,47,49,51,55-56,59,67-68,70H,4-9,14-16,18-24,28-29,33,35-36H2,1-3H3,(H3,64,65,66). The van der Waals surface area contributed by atoms with Crippen molar-refractivity contribution in [2.45, 2.75) is 171 Å². The summed E-state index contributed by atoms with van der Waals surface area (Å²) in [6.45, 7) is 5.14. The first-order valence-corrected chi connectivity index (χ1v) is 28.2. The Bertz CT molecular complexity index is 2680. The number of ether oxygens (including phenoxy) is 2. The number of benzene rings is 3. The fourth-order valence-corrected chi connectivity index (χ4v) is 15.8. The Balaban J connectivity index is 1.13. The summed E-state index contributed by atoms with van der Waals surface area (Å²) >= 11 is 0. The van der Waals surface area contributed by atoms with Crippen LogP contribution in [0.5, 0.6) is 17.2 Å². The molecule has 0 radical (unpaired) electrons. The number of aliphatic imine (C=N–C) groups is 1. The van der Waals surface area contributed by atoms with Crippen LogP contribution >= 0.6 is 0 Å². The molecule has 3 aromatic rings. The summed E-state index contributed by atoms with van der Waals surface area (Å²) in [5.74, 6) is 9.64. The zero-order valence-electron chi connectivity index (χ0n) is 43.1. The number of methoxy groups -OCH3 is 1. The summed E-state index contributed by atoms with van der Waals surface area (Å²) in [6, 6.07) is 17.1. The second kappa shape index (κ2) is 20.7. The molecule has 0 aromatic heterocycles. The molecule has 1 spiro atoms. The molecule has 11 atom stereocenters. The van der Waals surface area contributed by atoms with Gasteiger partial charge in [-0.25, -0.2) is 4.99 Å². The SMILES string of the molecule is CCC1C=C2C(=O)CC(c3cc(OC4CCCC4)c(O)c4c3C#CCC3CC5C=C6C(CC(C)CC6C4C5COC)c4cc(O)cc(c4)Cc4cccc(c4)C4(CCCCC4)NC(N)=N3)CCC2CC1CO. The summed E-state index contributed by atoms with van der Waals surface area (Å²) in [5, 5.41) is 39.2. The Morgan fingerprint density at radius 2 is 1.74 bits per heavy atom. The van der Waals surface area contributed by atoms with Crippen LogP contribution in [0.25, 0.3) is 0 Å². The van der Waals surface area contributed by atoms with Crippen molar-refractivity contribution in [2.75, 3.05) is 20.3 Å². The Labute approximate surface area is 428 Å². The average Bonchev–Trinajstić information content (AvgIpc) is 3.83. The highest BCUT2D eigenvalue weighted by Gasteiger charge is 2.49. The summed E-state index contributed by atoms with van der Waals surface area (Å²) in [7, 11) is 1.80. The molecule has 1 heterocycles. The fraction of sp³-hybridized carbons (Fsp3) is 0.587. The number of aromatic hydroxyl groups is 2. The molecule has 382 valence electrons. The predicted molar refractivity (Wildman–Crippen MR) is 284 cm³/mol. The topological polar surface area (TPSA) is 147 Å². The Morgan fingerprint density at radius 1 is 0.917 bits per heavy atom. The zero-order valence-corrected chi connectivity index (χ0v) is 43.1. The van der Waals surface area contributed by atoms with E-state index in [9.17, 15) is 20.1 Å². The number of carbonyl (C=O) groups excluding carboxylic acids is 1. The number of carbonyl (C=O) groups is 1. The first-order valence-electron chi connectivity index (χ1n) is 28.2. The van der Waals surface area contributed by atoms with Crippen molar-refractivity contribution in [2.24, 2.45) is 52.2 Å². The number of guanidine groups is 1. The number of rotatable bonds is 7. The van der Waals surface area contributed by atoms with E-state index in [2.05, 4.69) is 79.6 Å². The number of fused-ring (bicyclic) bond motifs is 12. The van der Waals surface area contributed by atoms with E-state index >= 15 is 0 Å². The number of aliphatic hydroxyl groups excluding tert-OH is 1. The number of phenols is 2. The van der Waals surface area contributed by atoms with Gasteiger partial charge in [-0.05, 0) is 189 Å². The zero-order chi connectivity index (χ0) is 49.7. The highest BCUT2D eigenvalue weighted by atomic mass is 16.5. The second-order valence-corrected chi connectivity index (χ2v) is 23.8. The molecule has 0 saturated heterocycles. The Hall–Kier alpha value is -5.04. The van der Waals surface area contributed by atoms with Crippen molar-refractivity contribution in [1.82, 2.24) is 5.32 Å². The average molecular weight is 974 g/mol. The van der Waals surface area contributed by atoms with Crippen LogP contribution in [0.15, 0.2) is 76.8 Å². The van der Waals surface area contributed by atoms with Gasteiger partial charge in [0.15, 0.2) is 23.2 Å². The predicted octanol–water partition coefficient (Wildman–Crippen LogP) is 11.8. The van der Waals surface area contributed by atoms with Gasteiger partial charge in [0.25, 0.3) is 0 Å². The van der Waals surface area contributed by atoms with E-state index in [0.717, 1.165) is 123 Å². The highest BCUT2D eigenvalue weighted by molar-refractivity contribution is 5.97. The maximum atomic E-state index is 14.8. The van der Waals surface area contributed by atoms with Gasteiger partial charge >= 0.3 is 0 Å². The van der Waals surface area contributed by atoms with Gasteiger partial charge in [0.1, 0.15) is 5.75 Å². The number of allylic oxidation sites excluding steroid dienone is 4. The molecule has 4 saturated carbocycles. The van der Waals surface area contributed by atoms with Crippen LogP contribution < -0.4 is 15.8 Å². The lowest BCUT2D eigenvalue weighted by Gasteiger charge is -2.50. The largest absolute Gasteiger partial charge is 0.508 e. The lowest BCUT2D eigenvalue weighted by molar-refractivity contribution is -0.116. The number of hydrogen-bond donors (Lipinski definition) is 5. The molecule has 8 bridgehead atoms. The smallest absolute Gasteiger partial charge is 0.189 e. The number of Topliss-reactive ketones (excluding diaryl/α,β-unsaturated/α-hetero) is 1. The molecule has 8 aliphatic rings. The lowest BCUT2D eigenvalue weighted by atomic mass is 9.55. The number of phenolic OH excluding ortho intramolecular Hbond substituents is 2. The van der Waals surface area contributed by atoms with Crippen molar-refractivity contribution < 1.29 is 29.6 Å². The van der Waals surface area contributed by atoms with Crippen molar-refractivity contribution in [3.05, 3.63) is 111 Å². The summed E-state index contributed by atoms with van der Waals surface area (Å²) in [4.78, 5) is 20.2. The van der Waals surface area contributed by atoms with Gasteiger partial charge in [0.2, 0.25) is 0 Å². The van der Waals surface area contributed by atoms with Crippen LogP contribution in [-0.2, 0) is 21.5 Å². The van der Waals surface area contributed by atoms with Crippen molar-refractivity contribution in [1.29, 1.82) is 0 Å². The normalized spacial score (nSPS) is 32.1. The molecule has 6 N–H and O–H groups in total. The number of hydrogen-bond acceptors (Lipinski definition) is 9. The van der Waals surface area contributed by atoms with Gasteiger partial charge < -0.3 is 35.8 Å². The van der Waals surface area contributed by atoms with Crippen LogP contribution in [0.4, 0.5) is 0 Å².